The minimum Gasteiger partial charge on any atom is -0.492 e. The summed E-state index contributed by atoms with van der Waals surface area (Å²) in [4.78, 5) is 4.00. The zero-order valence-corrected chi connectivity index (χ0v) is 15.1. The number of nitrogens with two attached hydrogens (primary N) is 1. The van der Waals surface area contributed by atoms with Gasteiger partial charge >= 0.3 is 0 Å². The normalized spacial score (nSPS) is 11.3. The summed E-state index contributed by atoms with van der Waals surface area (Å²) in [5.74, 6) is -0.663. The summed E-state index contributed by atoms with van der Waals surface area (Å²) in [5.41, 5.74) is 6.78. The second kappa shape index (κ2) is 6.32. The van der Waals surface area contributed by atoms with Gasteiger partial charge in [-0.1, -0.05) is 0 Å². The number of nitrogen functional groups attached to an aromatic ring is 1. The smallest absolute Gasteiger partial charge is 0.232 e. The van der Waals surface area contributed by atoms with Gasteiger partial charge in [0, 0.05) is 23.3 Å². The summed E-state index contributed by atoms with van der Waals surface area (Å²) in [6.07, 6.45) is 2.54. The molecule has 2 N–H and O–H groups in total. The van der Waals surface area contributed by atoms with E-state index in [2.05, 4.69) is 20.9 Å². The standard InChI is InChI=1S/C14H15BrFN3O3S/c1-19(23(3,20)21)12-5-8(4-11(16)13(12)22-2)10-6-9(15)7-18-14(10)17/h4-7H,1-3H3,(H2,17,18). The summed E-state index contributed by atoms with van der Waals surface area (Å²) in [6, 6.07) is 4.38. The van der Waals surface area contributed by atoms with Crippen LogP contribution in [-0.2, 0) is 10.0 Å². The van der Waals surface area contributed by atoms with Gasteiger partial charge in [0.1, 0.15) is 5.82 Å². The molecule has 2 aromatic rings. The topological polar surface area (TPSA) is 85.5 Å². The number of methoxy groups -OCH3 is 1. The molecular weight excluding hydrogens is 389 g/mol. The van der Waals surface area contributed by atoms with E-state index in [0.717, 1.165) is 10.6 Å². The van der Waals surface area contributed by atoms with Crippen molar-refractivity contribution in [3.8, 4) is 16.9 Å². The van der Waals surface area contributed by atoms with Crippen molar-refractivity contribution >= 4 is 37.5 Å². The molecule has 1 heterocycles. The van der Waals surface area contributed by atoms with Crippen LogP contribution in [0, 0.1) is 5.82 Å². The summed E-state index contributed by atoms with van der Waals surface area (Å²) in [5, 5.41) is 0. The predicted molar refractivity (Wildman–Crippen MR) is 91.5 cm³/mol. The summed E-state index contributed by atoms with van der Waals surface area (Å²) < 4.78 is 44.5. The molecule has 0 aliphatic rings. The van der Waals surface area contributed by atoms with E-state index in [1.165, 1.54) is 32.5 Å². The maximum atomic E-state index is 14.4. The van der Waals surface area contributed by atoms with Gasteiger partial charge in [-0.25, -0.2) is 17.8 Å². The van der Waals surface area contributed by atoms with Gasteiger partial charge in [-0.2, -0.15) is 0 Å². The molecule has 0 radical (unpaired) electrons. The third-order valence-electron chi connectivity index (χ3n) is 3.26. The van der Waals surface area contributed by atoms with Crippen molar-refractivity contribution in [2.45, 2.75) is 0 Å². The van der Waals surface area contributed by atoms with Gasteiger partial charge < -0.3 is 10.5 Å². The Morgan fingerprint density at radius 1 is 1.35 bits per heavy atom. The molecule has 0 saturated carbocycles. The maximum absolute atomic E-state index is 14.4. The molecule has 6 nitrogen and oxygen atoms in total. The van der Waals surface area contributed by atoms with Crippen LogP contribution >= 0.6 is 15.9 Å². The van der Waals surface area contributed by atoms with Crippen molar-refractivity contribution in [1.29, 1.82) is 0 Å². The lowest BCUT2D eigenvalue weighted by Crippen LogP contribution is -2.25. The average Bonchev–Trinajstić information content (AvgIpc) is 2.47. The van der Waals surface area contributed by atoms with Crippen molar-refractivity contribution in [2.75, 3.05) is 30.5 Å². The first-order valence-electron chi connectivity index (χ1n) is 6.38. The molecule has 0 amide bonds. The van der Waals surface area contributed by atoms with Crippen LogP contribution in [0.1, 0.15) is 0 Å². The first-order chi connectivity index (χ1) is 10.6. The summed E-state index contributed by atoms with van der Waals surface area (Å²) in [7, 11) is -1.00. The first kappa shape index (κ1) is 17.5. The Morgan fingerprint density at radius 3 is 2.57 bits per heavy atom. The van der Waals surface area contributed by atoms with Gasteiger partial charge in [-0.15, -0.1) is 0 Å². The third kappa shape index (κ3) is 3.56. The van der Waals surface area contributed by atoms with Crippen LogP contribution in [0.25, 0.3) is 11.1 Å². The van der Waals surface area contributed by atoms with Crippen LogP contribution in [0.2, 0.25) is 0 Å². The van der Waals surface area contributed by atoms with Crippen LogP contribution in [0.5, 0.6) is 5.75 Å². The number of pyridine rings is 1. The van der Waals surface area contributed by atoms with Gasteiger partial charge in [0.25, 0.3) is 0 Å². The number of aromatic nitrogens is 1. The van der Waals surface area contributed by atoms with Crippen LogP contribution < -0.4 is 14.8 Å². The van der Waals surface area contributed by atoms with Crippen molar-refractivity contribution < 1.29 is 17.5 Å². The van der Waals surface area contributed by atoms with Crippen molar-refractivity contribution in [3.05, 3.63) is 34.7 Å². The lowest BCUT2D eigenvalue weighted by atomic mass is 10.0. The van der Waals surface area contributed by atoms with Gasteiger partial charge in [0.05, 0.1) is 19.1 Å². The monoisotopic (exact) mass is 403 g/mol. The quantitative estimate of drug-likeness (QED) is 0.847. The molecule has 0 spiro atoms. The highest BCUT2D eigenvalue weighted by molar-refractivity contribution is 9.10. The number of halogens is 2. The Balaban J connectivity index is 2.73. The van der Waals surface area contributed by atoms with Gasteiger partial charge in [-0.3, -0.25) is 4.31 Å². The lowest BCUT2D eigenvalue weighted by molar-refractivity contribution is 0.388. The van der Waals surface area contributed by atoms with E-state index in [1.54, 1.807) is 6.07 Å². The lowest BCUT2D eigenvalue weighted by Gasteiger charge is -2.21. The maximum Gasteiger partial charge on any atom is 0.232 e. The molecule has 0 atom stereocenters. The Morgan fingerprint density at radius 2 is 2.00 bits per heavy atom. The number of anilines is 2. The second-order valence-electron chi connectivity index (χ2n) is 4.83. The molecule has 124 valence electrons. The summed E-state index contributed by atoms with van der Waals surface area (Å²) >= 11 is 3.28. The molecule has 0 aliphatic carbocycles. The minimum atomic E-state index is -3.59. The van der Waals surface area contributed by atoms with Gasteiger partial charge in [-0.05, 0) is 39.7 Å². The molecule has 1 aromatic heterocycles. The molecule has 2 rings (SSSR count). The second-order valence-corrected chi connectivity index (χ2v) is 7.76. The van der Waals surface area contributed by atoms with Crippen LogP contribution in [0.3, 0.4) is 0 Å². The number of hydrogen-bond donors (Lipinski definition) is 1. The zero-order chi connectivity index (χ0) is 17.4. The Labute approximate surface area is 142 Å². The van der Waals surface area contributed by atoms with E-state index in [4.69, 9.17) is 10.5 Å². The molecule has 9 heteroatoms. The highest BCUT2D eigenvalue weighted by atomic mass is 79.9. The van der Waals surface area contributed by atoms with E-state index in [0.29, 0.717) is 15.6 Å². The number of rotatable bonds is 4. The van der Waals surface area contributed by atoms with E-state index in [1.807, 2.05) is 0 Å². The van der Waals surface area contributed by atoms with E-state index in [9.17, 15) is 12.8 Å². The van der Waals surface area contributed by atoms with Crippen LogP contribution in [0.4, 0.5) is 15.9 Å². The predicted octanol–water partition coefficient (Wildman–Crippen LogP) is 2.64. The molecule has 0 fully saturated rings. The van der Waals surface area contributed by atoms with Crippen LogP contribution in [-0.4, -0.2) is 33.8 Å². The SMILES string of the molecule is COc1c(F)cc(-c2cc(Br)cnc2N)cc1N(C)S(C)(=O)=O. The van der Waals surface area contributed by atoms with Gasteiger partial charge in [0.15, 0.2) is 11.6 Å². The molecule has 0 aliphatic heterocycles. The Hall–Kier alpha value is -1.87. The zero-order valence-electron chi connectivity index (χ0n) is 12.7. The Kier molecular flexibility index (Phi) is 4.81. The highest BCUT2D eigenvalue weighted by Gasteiger charge is 2.22. The molecule has 0 unspecified atom stereocenters. The van der Waals surface area contributed by atoms with Gasteiger partial charge in [0.2, 0.25) is 10.0 Å². The van der Waals surface area contributed by atoms with Crippen molar-refractivity contribution in [3.63, 3.8) is 0 Å². The molecule has 23 heavy (non-hydrogen) atoms. The largest absolute Gasteiger partial charge is 0.492 e. The highest BCUT2D eigenvalue weighted by Crippen LogP contribution is 2.38. The number of ether oxygens (including phenoxy) is 1. The number of hydrogen-bond acceptors (Lipinski definition) is 5. The molecule has 1 aromatic carbocycles. The molecular formula is C14H15BrFN3O3S. The van der Waals surface area contributed by atoms with E-state index in [-0.39, 0.29) is 17.3 Å². The molecule has 0 bridgehead atoms. The fourth-order valence-corrected chi connectivity index (χ4v) is 2.85. The van der Waals surface area contributed by atoms with E-state index >= 15 is 0 Å². The number of sulfonamides is 1. The first-order valence-corrected chi connectivity index (χ1v) is 9.02. The van der Waals surface area contributed by atoms with Crippen LogP contribution in [0.15, 0.2) is 28.9 Å². The minimum absolute atomic E-state index is 0.0735. The average molecular weight is 404 g/mol. The fraction of sp³-hybridized carbons (Fsp3) is 0.214. The van der Waals surface area contributed by atoms with Crippen molar-refractivity contribution in [2.24, 2.45) is 0 Å². The van der Waals surface area contributed by atoms with Crippen molar-refractivity contribution in [1.82, 2.24) is 4.98 Å². The summed E-state index contributed by atoms with van der Waals surface area (Å²) in [6.45, 7) is 0. The van der Waals surface area contributed by atoms with E-state index < -0.39 is 15.8 Å². The third-order valence-corrected chi connectivity index (χ3v) is 4.89. The Bertz CT molecular complexity index is 859. The number of benzene rings is 1. The number of nitrogens with zero attached hydrogens (tertiary/aromatic N) is 2. The fourth-order valence-electron chi connectivity index (χ4n) is 2.03. The molecule has 0 saturated heterocycles.